The van der Waals surface area contributed by atoms with Gasteiger partial charge in [-0.05, 0) is 30.4 Å². The standard InChI is InChI=1S/C16H26N2O/c1-6-12(2)9-10-13-8-7-11-17-14(13)18-15(19)16(3,4)5/h7-8,11-12H,6,9-10H2,1-5H3,(H,17,18,19). The zero-order valence-electron chi connectivity index (χ0n) is 12.8. The van der Waals surface area contributed by atoms with Gasteiger partial charge < -0.3 is 5.32 Å². The molecule has 106 valence electrons. The molecule has 1 N–H and O–H groups in total. The number of aromatic nitrogens is 1. The van der Waals surface area contributed by atoms with Crippen LogP contribution in [0.15, 0.2) is 18.3 Å². The Morgan fingerprint density at radius 3 is 2.68 bits per heavy atom. The molecule has 1 aromatic heterocycles. The number of amides is 1. The van der Waals surface area contributed by atoms with Crippen molar-refractivity contribution in [3.8, 4) is 0 Å². The number of hydrogen-bond acceptors (Lipinski definition) is 2. The van der Waals surface area contributed by atoms with Gasteiger partial charge in [-0.1, -0.05) is 47.1 Å². The molecule has 3 heteroatoms. The highest BCUT2D eigenvalue weighted by Crippen LogP contribution is 2.21. The predicted octanol–water partition coefficient (Wildman–Crippen LogP) is 4.04. The lowest BCUT2D eigenvalue weighted by atomic mass is 9.95. The maximum atomic E-state index is 12.0. The van der Waals surface area contributed by atoms with Crippen LogP contribution in [-0.4, -0.2) is 10.9 Å². The average Bonchev–Trinajstić information content (AvgIpc) is 2.36. The molecule has 0 saturated heterocycles. The number of carbonyl (C=O) groups is 1. The third-order valence-electron chi connectivity index (χ3n) is 3.41. The van der Waals surface area contributed by atoms with Crippen LogP contribution in [0.25, 0.3) is 0 Å². The maximum Gasteiger partial charge on any atom is 0.230 e. The molecule has 0 spiro atoms. The Balaban J connectivity index is 2.76. The number of hydrogen-bond donors (Lipinski definition) is 1. The summed E-state index contributed by atoms with van der Waals surface area (Å²) in [5.74, 6) is 1.42. The second kappa shape index (κ2) is 6.69. The molecule has 1 rings (SSSR count). The first-order valence-electron chi connectivity index (χ1n) is 7.10. The van der Waals surface area contributed by atoms with Gasteiger partial charge in [-0.3, -0.25) is 4.79 Å². The largest absolute Gasteiger partial charge is 0.310 e. The van der Waals surface area contributed by atoms with E-state index in [0.29, 0.717) is 11.7 Å². The highest BCUT2D eigenvalue weighted by Gasteiger charge is 2.22. The van der Waals surface area contributed by atoms with Crippen LogP contribution in [0.2, 0.25) is 0 Å². The summed E-state index contributed by atoms with van der Waals surface area (Å²) >= 11 is 0. The summed E-state index contributed by atoms with van der Waals surface area (Å²) in [6.45, 7) is 10.2. The van der Waals surface area contributed by atoms with Crippen molar-refractivity contribution >= 4 is 11.7 Å². The van der Waals surface area contributed by atoms with E-state index >= 15 is 0 Å². The molecule has 1 heterocycles. The number of aryl methyl sites for hydroxylation is 1. The third kappa shape index (κ3) is 5.01. The minimum Gasteiger partial charge on any atom is -0.310 e. The number of carbonyl (C=O) groups excluding carboxylic acids is 1. The number of pyridine rings is 1. The minimum atomic E-state index is -0.397. The minimum absolute atomic E-state index is 0.0102. The summed E-state index contributed by atoms with van der Waals surface area (Å²) in [5, 5.41) is 2.94. The van der Waals surface area contributed by atoms with Crippen LogP contribution < -0.4 is 5.32 Å². The van der Waals surface area contributed by atoms with Gasteiger partial charge in [0.05, 0.1) is 0 Å². The topological polar surface area (TPSA) is 42.0 Å². The lowest BCUT2D eigenvalue weighted by Gasteiger charge is -2.19. The van der Waals surface area contributed by atoms with Crippen molar-refractivity contribution in [2.75, 3.05) is 5.32 Å². The molecule has 0 fully saturated rings. The molecular formula is C16H26N2O. The summed E-state index contributed by atoms with van der Waals surface area (Å²) in [6, 6.07) is 3.98. The first-order chi connectivity index (χ1) is 8.84. The van der Waals surface area contributed by atoms with Crippen molar-refractivity contribution in [2.45, 2.75) is 53.9 Å². The molecule has 0 aliphatic heterocycles. The highest BCUT2D eigenvalue weighted by molar-refractivity contribution is 5.94. The Hall–Kier alpha value is -1.38. The van der Waals surface area contributed by atoms with E-state index in [4.69, 9.17) is 0 Å². The van der Waals surface area contributed by atoms with Crippen molar-refractivity contribution < 1.29 is 4.79 Å². The van der Waals surface area contributed by atoms with Gasteiger partial charge in [0, 0.05) is 11.6 Å². The van der Waals surface area contributed by atoms with E-state index in [1.165, 1.54) is 6.42 Å². The summed E-state index contributed by atoms with van der Waals surface area (Å²) in [5.41, 5.74) is 0.728. The van der Waals surface area contributed by atoms with Crippen LogP contribution in [0.4, 0.5) is 5.82 Å². The summed E-state index contributed by atoms with van der Waals surface area (Å²) in [7, 11) is 0. The molecule has 0 aliphatic carbocycles. The molecule has 0 aromatic carbocycles. The fourth-order valence-electron chi connectivity index (χ4n) is 1.65. The quantitative estimate of drug-likeness (QED) is 0.870. The van der Waals surface area contributed by atoms with Crippen LogP contribution in [0.3, 0.4) is 0 Å². The zero-order valence-corrected chi connectivity index (χ0v) is 12.8. The van der Waals surface area contributed by atoms with E-state index in [-0.39, 0.29) is 5.91 Å². The van der Waals surface area contributed by atoms with Crippen LogP contribution in [0, 0.1) is 11.3 Å². The van der Waals surface area contributed by atoms with Crippen LogP contribution in [0.1, 0.15) is 53.0 Å². The van der Waals surface area contributed by atoms with E-state index in [2.05, 4.69) is 24.1 Å². The van der Waals surface area contributed by atoms with Gasteiger partial charge in [-0.25, -0.2) is 4.98 Å². The van der Waals surface area contributed by atoms with Gasteiger partial charge in [0.25, 0.3) is 0 Å². The van der Waals surface area contributed by atoms with Gasteiger partial charge in [0.2, 0.25) is 5.91 Å². The SMILES string of the molecule is CCC(C)CCc1cccnc1NC(=O)C(C)(C)C. The number of anilines is 1. The lowest BCUT2D eigenvalue weighted by Crippen LogP contribution is -2.28. The second-order valence-corrected chi connectivity index (χ2v) is 6.27. The predicted molar refractivity (Wildman–Crippen MR) is 80.1 cm³/mol. The first kappa shape index (κ1) is 15.7. The fraction of sp³-hybridized carbons (Fsp3) is 0.625. The number of rotatable bonds is 5. The van der Waals surface area contributed by atoms with Crippen molar-refractivity contribution in [1.29, 1.82) is 0 Å². The van der Waals surface area contributed by atoms with E-state index in [9.17, 15) is 4.79 Å². The monoisotopic (exact) mass is 262 g/mol. The summed E-state index contributed by atoms with van der Waals surface area (Å²) in [4.78, 5) is 16.3. The maximum absolute atomic E-state index is 12.0. The highest BCUT2D eigenvalue weighted by atomic mass is 16.2. The molecule has 0 saturated carbocycles. The van der Waals surface area contributed by atoms with Crippen LogP contribution in [-0.2, 0) is 11.2 Å². The van der Waals surface area contributed by atoms with Gasteiger partial charge >= 0.3 is 0 Å². The Kier molecular flexibility index (Phi) is 5.52. The molecule has 0 bridgehead atoms. The normalized spacial score (nSPS) is 13.1. The molecule has 0 radical (unpaired) electrons. The van der Waals surface area contributed by atoms with Crippen LogP contribution in [0.5, 0.6) is 0 Å². The molecule has 19 heavy (non-hydrogen) atoms. The summed E-state index contributed by atoms with van der Waals surface area (Å²) in [6.07, 6.45) is 5.00. The Labute approximate surface area is 116 Å². The molecular weight excluding hydrogens is 236 g/mol. The Morgan fingerprint density at radius 1 is 1.42 bits per heavy atom. The second-order valence-electron chi connectivity index (χ2n) is 6.27. The summed E-state index contributed by atoms with van der Waals surface area (Å²) < 4.78 is 0. The van der Waals surface area contributed by atoms with Gasteiger partial charge in [-0.15, -0.1) is 0 Å². The van der Waals surface area contributed by atoms with Gasteiger partial charge in [0.15, 0.2) is 0 Å². The number of nitrogens with zero attached hydrogens (tertiary/aromatic N) is 1. The fourth-order valence-corrected chi connectivity index (χ4v) is 1.65. The molecule has 1 atom stereocenters. The van der Waals surface area contributed by atoms with E-state index in [0.717, 1.165) is 18.4 Å². The van der Waals surface area contributed by atoms with Crippen molar-refractivity contribution in [1.82, 2.24) is 4.98 Å². The van der Waals surface area contributed by atoms with Crippen molar-refractivity contribution in [2.24, 2.45) is 11.3 Å². The zero-order chi connectivity index (χ0) is 14.5. The lowest BCUT2D eigenvalue weighted by molar-refractivity contribution is -0.123. The smallest absolute Gasteiger partial charge is 0.230 e. The van der Waals surface area contributed by atoms with Gasteiger partial charge in [0.1, 0.15) is 5.82 Å². The molecule has 3 nitrogen and oxygen atoms in total. The Bertz CT molecular complexity index is 421. The van der Waals surface area contributed by atoms with Crippen molar-refractivity contribution in [3.63, 3.8) is 0 Å². The average molecular weight is 262 g/mol. The third-order valence-corrected chi connectivity index (χ3v) is 3.41. The molecule has 0 aliphatic rings. The molecule has 1 aromatic rings. The Morgan fingerprint density at radius 2 is 2.11 bits per heavy atom. The number of nitrogens with one attached hydrogen (secondary N) is 1. The van der Waals surface area contributed by atoms with E-state index in [1.807, 2.05) is 32.9 Å². The molecule has 1 unspecified atom stereocenters. The van der Waals surface area contributed by atoms with E-state index in [1.54, 1.807) is 6.20 Å². The molecule has 1 amide bonds. The van der Waals surface area contributed by atoms with Gasteiger partial charge in [-0.2, -0.15) is 0 Å². The van der Waals surface area contributed by atoms with E-state index < -0.39 is 5.41 Å². The van der Waals surface area contributed by atoms with Crippen molar-refractivity contribution in [3.05, 3.63) is 23.9 Å². The van der Waals surface area contributed by atoms with Crippen LogP contribution >= 0.6 is 0 Å². The first-order valence-corrected chi connectivity index (χ1v) is 7.10.